The van der Waals surface area contributed by atoms with Gasteiger partial charge in [0.15, 0.2) is 0 Å². The molecule has 0 heterocycles. The summed E-state index contributed by atoms with van der Waals surface area (Å²) in [5, 5.41) is 0. The van der Waals surface area contributed by atoms with E-state index in [4.69, 9.17) is 0 Å². The van der Waals surface area contributed by atoms with E-state index in [0.717, 1.165) is 11.8 Å². The number of rotatable bonds is 3. The molecule has 1 aromatic rings. The molecule has 0 nitrogen and oxygen atoms in total. The molecule has 2 unspecified atom stereocenters. The van der Waals surface area contributed by atoms with Crippen molar-refractivity contribution in [1.82, 2.24) is 0 Å². The largest absolute Gasteiger partial charge is 0.0696 e. The van der Waals surface area contributed by atoms with Gasteiger partial charge < -0.3 is 0 Å². The maximum absolute atomic E-state index is 2.27. The number of benzene rings is 1. The summed E-state index contributed by atoms with van der Waals surface area (Å²) in [7, 11) is 0. The van der Waals surface area contributed by atoms with E-state index < -0.39 is 0 Å². The van der Waals surface area contributed by atoms with E-state index in [-0.39, 0.29) is 0 Å². The molecule has 1 saturated carbocycles. The summed E-state index contributed by atoms with van der Waals surface area (Å²) < 4.78 is 0. The van der Waals surface area contributed by atoms with Crippen LogP contribution >= 0.6 is 0 Å². The maximum atomic E-state index is 2.27. The molecule has 0 spiro atoms. The van der Waals surface area contributed by atoms with Gasteiger partial charge in [0, 0.05) is 0 Å². The van der Waals surface area contributed by atoms with Crippen LogP contribution in [-0.2, 0) is 6.42 Å². The monoisotopic (exact) mass is 268 g/mol. The summed E-state index contributed by atoms with van der Waals surface area (Å²) in [4.78, 5) is 0. The Kier molecular flexibility index (Phi) is 5.23. The number of unbranched alkanes of at least 4 members (excludes halogenated alkanes) is 1. The first-order chi connectivity index (χ1) is 9.61. The predicted octanol–water partition coefficient (Wildman–Crippen LogP) is 5.87. The SMILES string of the molecule is CC1=CC=C(C)C2CC12.CCCCc1ccc(C)cc1. The Morgan fingerprint density at radius 1 is 0.900 bits per heavy atom. The first-order valence-corrected chi connectivity index (χ1v) is 8.02. The van der Waals surface area contributed by atoms with E-state index in [2.05, 4.69) is 64.1 Å². The minimum atomic E-state index is 0.940. The normalized spacial score (nSPS) is 23.0. The highest BCUT2D eigenvalue weighted by atomic mass is 14.4. The number of fused-ring (bicyclic) bond motifs is 1. The Bertz CT molecular complexity index is 465. The molecule has 0 heteroatoms. The zero-order valence-electron chi connectivity index (χ0n) is 13.4. The van der Waals surface area contributed by atoms with Gasteiger partial charge in [-0.3, -0.25) is 0 Å². The fraction of sp³-hybridized carbons (Fsp3) is 0.500. The third-order valence-corrected chi connectivity index (χ3v) is 4.51. The average molecular weight is 268 g/mol. The smallest absolute Gasteiger partial charge is 0.0131 e. The van der Waals surface area contributed by atoms with Crippen LogP contribution in [0.3, 0.4) is 0 Å². The lowest BCUT2D eigenvalue weighted by molar-refractivity contribution is 0.795. The number of allylic oxidation sites excluding steroid dienone is 4. The van der Waals surface area contributed by atoms with Crippen LogP contribution in [-0.4, -0.2) is 0 Å². The maximum Gasteiger partial charge on any atom is -0.0131 e. The molecule has 0 radical (unpaired) electrons. The zero-order chi connectivity index (χ0) is 14.5. The van der Waals surface area contributed by atoms with E-state index >= 15 is 0 Å². The van der Waals surface area contributed by atoms with Gasteiger partial charge in [0.25, 0.3) is 0 Å². The summed E-state index contributed by atoms with van der Waals surface area (Å²) in [6.07, 6.45) is 9.78. The van der Waals surface area contributed by atoms with Crippen molar-refractivity contribution in [3.63, 3.8) is 0 Å². The highest BCUT2D eigenvalue weighted by Gasteiger charge is 2.40. The Balaban J connectivity index is 0.000000149. The Morgan fingerprint density at radius 2 is 1.45 bits per heavy atom. The van der Waals surface area contributed by atoms with Crippen LogP contribution in [0.5, 0.6) is 0 Å². The van der Waals surface area contributed by atoms with Crippen molar-refractivity contribution in [2.75, 3.05) is 0 Å². The van der Waals surface area contributed by atoms with Gasteiger partial charge in [-0.05, 0) is 57.4 Å². The molecule has 0 N–H and O–H groups in total. The van der Waals surface area contributed by atoms with Crippen molar-refractivity contribution in [2.24, 2.45) is 11.8 Å². The highest BCUT2D eigenvalue weighted by Crippen LogP contribution is 2.50. The van der Waals surface area contributed by atoms with Gasteiger partial charge in [0.2, 0.25) is 0 Å². The molecular formula is C20H28. The van der Waals surface area contributed by atoms with E-state index in [1.54, 1.807) is 11.1 Å². The van der Waals surface area contributed by atoms with E-state index in [1.165, 1.54) is 36.8 Å². The Morgan fingerprint density at radius 3 is 1.95 bits per heavy atom. The lowest BCUT2D eigenvalue weighted by Crippen LogP contribution is -1.91. The number of aryl methyl sites for hydroxylation is 2. The van der Waals surface area contributed by atoms with Gasteiger partial charge in [-0.2, -0.15) is 0 Å². The van der Waals surface area contributed by atoms with Gasteiger partial charge >= 0.3 is 0 Å². The van der Waals surface area contributed by atoms with Crippen molar-refractivity contribution in [2.45, 2.75) is 53.4 Å². The molecule has 108 valence electrons. The summed E-state index contributed by atoms with van der Waals surface area (Å²) in [5.41, 5.74) is 6.00. The molecule has 1 aromatic carbocycles. The highest BCUT2D eigenvalue weighted by molar-refractivity contribution is 5.33. The summed E-state index contributed by atoms with van der Waals surface area (Å²) in [5.74, 6) is 1.88. The van der Waals surface area contributed by atoms with Crippen LogP contribution in [0.4, 0.5) is 0 Å². The van der Waals surface area contributed by atoms with Crippen LogP contribution < -0.4 is 0 Å². The molecule has 2 atom stereocenters. The topological polar surface area (TPSA) is 0 Å². The van der Waals surface area contributed by atoms with Crippen molar-refractivity contribution < 1.29 is 0 Å². The molecule has 0 aliphatic heterocycles. The van der Waals surface area contributed by atoms with Crippen LogP contribution in [0, 0.1) is 18.8 Å². The number of hydrogen-bond acceptors (Lipinski definition) is 0. The van der Waals surface area contributed by atoms with Crippen LogP contribution in [0.2, 0.25) is 0 Å². The molecule has 0 bridgehead atoms. The summed E-state index contributed by atoms with van der Waals surface area (Å²) >= 11 is 0. The minimum absolute atomic E-state index is 0.940. The van der Waals surface area contributed by atoms with Crippen LogP contribution in [0.25, 0.3) is 0 Å². The first kappa shape index (κ1) is 15.1. The Hall–Kier alpha value is -1.30. The standard InChI is InChI=1S/C11H16.C9H12/c1-3-4-5-11-8-6-10(2)7-9-11;1-6-3-4-7(2)9-5-8(6)9/h6-9H,3-5H2,1-2H3;3-4,8-9H,5H2,1-2H3. The molecule has 1 fully saturated rings. The van der Waals surface area contributed by atoms with E-state index in [9.17, 15) is 0 Å². The summed E-state index contributed by atoms with van der Waals surface area (Å²) in [6, 6.07) is 8.83. The molecule has 2 aliphatic rings. The first-order valence-electron chi connectivity index (χ1n) is 8.02. The van der Waals surface area contributed by atoms with Crippen molar-refractivity contribution in [1.29, 1.82) is 0 Å². The van der Waals surface area contributed by atoms with E-state index in [0.29, 0.717) is 0 Å². The lowest BCUT2D eigenvalue weighted by atomic mass is 10.0. The quantitative estimate of drug-likeness (QED) is 0.643. The third kappa shape index (κ3) is 4.10. The second-order valence-corrected chi connectivity index (χ2v) is 6.36. The molecular weight excluding hydrogens is 240 g/mol. The number of hydrogen-bond donors (Lipinski definition) is 0. The average Bonchev–Trinajstić information content (AvgIpc) is 3.25. The zero-order valence-corrected chi connectivity index (χ0v) is 13.4. The third-order valence-electron chi connectivity index (χ3n) is 4.51. The van der Waals surface area contributed by atoms with E-state index in [1.807, 2.05) is 0 Å². The summed E-state index contributed by atoms with van der Waals surface area (Å²) in [6.45, 7) is 8.85. The molecule has 3 rings (SSSR count). The fourth-order valence-corrected chi connectivity index (χ4v) is 2.85. The van der Waals surface area contributed by atoms with Crippen LogP contribution in [0.15, 0.2) is 47.6 Å². The molecule has 0 saturated heterocycles. The van der Waals surface area contributed by atoms with Gasteiger partial charge in [0.1, 0.15) is 0 Å². The van der Waals surface area contributed by atoms with Gasteiger partial charge in [0.05, 0.1) is 0 Å². The molecule has 20 heavy (non-hydrogen) atoms. The Labute approximate surface area is 124 Å². The van der Waals surface area contributed by atoms with Gasteiger partial charge in [-0.1, -0.05) is 66.5 Å². The lowest BCUT2D eigenvalue weighted by Gasteiger charge is -2.04. The molecule has 0 aromatic heterocycles. The van der Waals surface area contributed by atoms with Crippen LogP contribution in [0.1, 0.15) is 51.2 Å². The predicted molar refractivity (Wildman–Crippen MR) is 88.9 cm³/mol. The van der Waals surface area contributed by atoms with Crippen molar-refractivity contribution in [3.8, 4) is 0 Å². The second kappa shape index (κ2) is 6.92. The van der Waals surface area contributed by atoms with Crippen molar-refractivity contribution in [3.05, 3.63) is 58.7 Å². The second-order valence-electron chi connectivity index (χ2n) is 6.36. The van der Waals surface area contributed by atoms with Gasteiger partial charge in [-0.25, -0.2) is 0 Å². The molecule has 2 aliphatic carbocycles. The fourth-order valence-electron chi connectivity index (χ4n) is 2.85. The minimum Gasteiger partial charge on any atom is -0.0696 e. The van der Waals surface area contributed by atoms with Gasteiger partial charge in [-0.15, -0.1) is 0 Å². The van der Waals surface area contributed by atoms with Crippen molar-refractivity contribution >= 4 is 0 Å². The molecule has 0 amide bonds.